The molecule has 5 heteroatoms. The Labute approximate surface area is 141 Å². The quantitative estimate of drug-likeness (QED) is 0.824. The van der Waals surface area contributed by atoms with E-state index in [1.54, 1.807) is 0 Å². The van der Waals surface area contributed by atoms with Gasteiger partial charge in [0.15, 0.2) is 0 Å². The van der Waals surface area contributed by atoms with Crippen molar-refractivity contribution in [3.8, 4) is 0 Å². The smallest absolute Gasteiger partial charge is 0.242 e. The van der Waals surface area contributed by atoms with Gasteiger partial charge in [0, 0.05) is 51.4 Å². The van der Waals surface area contributed by atoms with Gasteiger partial charge < -0.3 is 10.6 Å². The molecule has 0 unspecified atom stereocenters. The first-order valence-electron chi connectivity index (χ1n) is 9.46. The maximum absolute atomic E-state index is 12.6. The number of hydrogen-bond acceptors (Lipinski definition) is 4. The zero-order valence-corrected chi connectivity index (χ0v) is 15.1. The highest BCUT2D eigenvalue weighted by molar-refractivity contribution is 5.86. The maximum atomic E-state index is 12.6. The van der Waals surface area contributed by atoms with Crippen LogP contribution < -0.4 is 5.73 Å². The molecule has 0 radical (unpaired) electrons. The fourth-order valence-electron chi connectivity index (χ4n) is 4.32. The zero-order valence-electron chi connectivity index (χ0n) is 15.1. The SMILES string of the molecule is C[C@@H]1CC[C@H](C)N1CCN1CCN(C(=O)[C@@](C)(N)C2CC2)CC1. The van der Waals surface area contributed by atoms with E-state index in [1.165, 1.54) is 12.8 Å². The lowest BCUT2D eigenvalue weighted by Gasteiger charge is -2.39. The summed E-state index contributed by atoms with van der Waals surface area (Å²) in [6.45, 7) is 12.6. The number of piperazine rings is 1. The van der Waals surface area contributed by atoms with Crippen LogP contribution in [0.15, 0.2) is 0 Å². The van der Waals surface area contributed by atoms with Crippen molar-refractivity contribution in [2.24, 2.45) is 11.7 Å². The second-order valence-electron chi connectivity index (χ2n) is 8.20. The van der Waals surface area contributed by atoms with Crippen LogP contribution in [0.25, 0.3) is 0 Å². The summed E-state index contributed by atoms with van der Waals surface area (Å²) in [6.07, 6.45) is 4.90. The Hall–Kier alpha value is -0.650. The largest absolute Gasteiger partial charge is 0.339 e. The fourth-order valence-corrected chi connectivity index (χ4v) is 4.32. The molecule has 5 nitrogen and oxygen atoms in total. The van der Waals surface area contributed by atoms with E-state index in [2.05, 4.69) is 23.6 Å². The highest BCUT2D eigenvalue weighted by Crippen LogP contribution is 2.39. The van der Waals surface area contributed by atoms with Crippen LogP contribution in [0.1, 0.15) is 46.5 Å². The monoisotopic (exact) mass is 322 g/mol. The van der Waals surface area contributed by atoms with E-state index < -0.39 is 5.54 Å². The molecule has 1 amide bonds. The lowest BCUT2D eigenvalue weighted by Crippen LogP contribution is -2.59. The maximum Gasteiger partial charge on any atom is 0.242 e. The number of rotatable bonds is 5. The Morgan fingerprint density at radius 2 is 1.57 bits per heavy atom. The molecule has 3 atom stereocenters. The average molecular weight is 322 g/mol. The summed E-state index contributed by atoms with van der Waals surface area (Å²) in [4.78, 5) is 19.8. The average Bonchev–Trinajstić information content (AvgIpc) is 3.34. The summed E-state index contributed by atoms with van der Waals surface area (Å²) in [7, 11) is 0. The van der Waals surface area contributed by atoms with Crippen LogP contribution in [-0.4, -0.2) is 77.5 Å². The van der Waals surface area contributed by atoms with E-state index in [0.717, 1.165) is 64.2 Å². The van der Waals surface area contributed by atoms with E-state index in [1.807, 2.05) is 11.8 Å². The third-order valence-electron chi connectivity index (χ3n) is 6.35. The van der Waals surface area contributed by atoms with Crippen molar-refractivity contribution in [2.75, 3.05) is 39.3 Å². The molecule has 2 heterocycles. The number of amides is 1. The molecule has 132 valence electrons. The van der Waals surface area contributed by atoms with Gasteiger partial charge in [0.1, 0.15) is 0 Å². The van der Waals surface area contributed by atoms with E-state index in [9.17, 15) is 4.79 Å². The molecule has 3 rings (SSSR count). The molecular formula is C18H34N4O. The summed E-state index contributed by atoms with van der Waals surface area (Å²) in [5.41, 5.74) is 5.66. The second kappa shape index (κ2) is 6.69. The Balaban J connectivity index is 1.42. The molecule has 1 saturated carbocycles. The summed E-state index contributed by atoms with van der Waals surface area (Å²) >= 11 is 0. The van der Waals surface area contributed by atoms with Gasteiger partial charge in [0.05, 0.1) is 5.54 Å². The van der Waals surface area contributed by atoms with Gasteiger partial charge in [0.2, 0.25) is 5.91 Å². The Kier molecular flexibility index (Phi) is 5.00. The fraction of sp³-hybridized carbons (Fsp3) is 0.944. The predicted molar refractivity (Wildman–Crippen MR) is 93.2 cm³/mol. The Morgan fingerprint density at radius 3 is 2.09 bits per heavy atom. The molecule has 2 N–H and O–H groups in total. The molecule has 0 spiro atoms. The van der Waals surface area contributed by atoms with Gasteiger partial charge in [-0.1, -0.05) is 0 Å². The van der Waals surface area contributed by atoms with Gasteiger partial charge in [0.25, 0.3) is 0 Å². The van der Waals surface area contributed by atoms with Crippen molar-refractivity contribution in [3.63, 3.8) is 0 Å². The van der Waals surface area contributed by atoms with Gasteiger partial charge in [-0.25, -0.2) is 0 Å². The number of likely N-dealkylation sites (tertiary alicyclic amines) is 1. The van der Waals surface area contributed by atoms with Crippen molar-refractivity contribution in [1.29, 1.82) is 0 Å². The van der Waals surface area contributed by atoms with Crippen LogP contribution in [0.3, 0.4) is 0 Å². The van der Waals surface area contributed by atoms with Gasteiger partial charge in [-0.2, -0.15) is 0 Å². The van der Waals surface area contributed by atoms with Gasteiger partial charge in [-0.3, -0.25) is 14.6 Å². The summed E-state index contributed by atoms with van der Waals surface area (Å²) < 4.78 is 0. The number of hydrogen-bond donors (Lipinski definition) is 1. The Bertz CT molecular complexity index is 417. The molecule has 0 aromatic rings. The van der Waals surface area contributed by atoms with E-state index >= 15 is 0 Å². The van der Waals surface area contributed by atoms with Crippen molar-refractivity contribution >= 4 is 5.91 Å². The van der Waals surface area contributed by atoms with Crippen molar-refractivity contribution in [2.45, 2.75) is 64.1 Å². The minimum absolute atomic E-state index is 0.168. The molecule has 3 aliphatic rings. The number of carbonyl (C=O) groups is 1. The molecule has 1 aliphatic carbocycles. The molecule has 2 saturated heterocycles. The minimum atomic E-state index is -0.636. The lowest BCUT2D eigenvalue weighted by molar-refractivity contribution is -0.139. The summed E-state index contributed by atoms with van der Waals surface area (Å²) in [5.74, 6) is 0.576. The molecule has 0 aromatic carbocycles. The molecule has 23 heavy (non-hydrogen) atoms. The topological polar surface area (TPSA) is 52.8 Å². The molecule has 0 aromatic heterocycles. The van der Waals surface area contributed by atoms with Crippen LogP contribution in [0.5, 0.6) is 0 Å². The van der Waals surface area contributed by atoms with E-state index in [4.69, 9.17) is 5.73 Å². The standard InChI is InChI=1S/C18H34N4O/c1-14-4-5-15(2)22(14)13-10-20-8-11-21(12-9-20)17(23)18(3,19)16-6-7-16/h14-16H,4-13,19H2,1-3H3/t14-,15+,18-/m0/s1. The van der Waals surface area contributed by atoms with Crippen LogP contribution in [0, 0.1) is 5.92 Å². The normalized spacial score (nSPS) is 33.0. The zero-order chi connectivity index (χ0) is 16.6. The second-order valence-corrected chi connectivity index (χ2v) is 8.20. The van der Waals surface area contributed by atoms with Crippen LogP contribution in [0.4, 0.5) is 0 Å². The van der Waals surface area contributed by atoms with Crippen LogP contribution >= 0.6 is 0 Å². The molecular weight excluding hydrogens is 288 g/mol. The van der Waals surface area contributed by atoms with Gasteiger partial charge in [-0.15, -0.1) is 0 Å². The van der Waals surface area contributed by atoms with E-state index in [-0.39, 0.29) is 5.91 Å². The first kappa shape index (κ1) is 17.2. The molecule has 3 fully saturated rings. The predicted octanol–water partition coefficient (Wildman–Crippen LogP) is 1.13. The van der Waals surface area contributed by atoms with Gasteiger partial charge >= 0.3 is 0 Å². The van der Waals surface area contributed by atoms with Crippen molar-refractivity contribution in [3.05, 3.63) is 0 Å². The highest BCUT2D eigenvalue weighted by atomic mass is 16.2. The minimum Gasteiger partial charge on any atom is -0.339 e. The van der Waals surface area contributed by atoms with Crippen LogP contribution in [0.2, 0.25) is 0 Å². The Morgan fingerprint density at radius 1 is 1.00 bits per heavy atom. The third kappa shape index (κ3) is 3.72. The summed E-state index contributed by atoms with van der Waals surface area (Å²) in [6, 6.07) is 1.45. The lowest BCUT2D eigenvalue weighted by atomic mass is 9.95. The number of nitrogens with two attached hydrogens (primary N) is 1. The van der Waals surface area contributed by atoms with Crippen molar-refractivity contribution < 1.29 is 4.79 Å². The van der Waals surface area contributed by atoms with E-state index in [0.29, 0.717) is 5.92 Å². The summed E-state index contributed by atoms with van der Waals surface area (Å²) in [5, 5.41) is 0. The van der Waals surface area contributed by atoms with Crippen molar-refractivity contribution in [1.82, 2.24) is 14.7 Å². The first-order valence-corrected chi connectivity index (χ1v) is 9.46. The van der Waals surface area contributed by atoms with Crippen LogP contribution in [-0.2, 0) is 4.79 Å². The molecule has 0 bridgehead atoms. The third-order valence-corrected chi connectivity index (χ3v) is 6.35. The molecule has 2 aliphatic heterocycles. The highest BCUT2D eigenvalue weighted by Gasteiger charge is 2.46. The van der Waals surface area contributed by atoms with Gasteiger partial charge in [-0.05, 0) is 52.4 Å². The first-order chi connectivity index (χ1) is 10.9. The number of carbonyl (C=O) groups excluding carboxylic acids is 1. The number of nitrogens with zero attached hydrogens (tertiary/aromatic N) is 3.